The van der Waals surface area contributed by atoms with E-state index >= 15 is 0 Å². The van der Waals surface area contributed by atoms with E-state index in [1.807, 2.05) is 0 Å². The number of benzene rings is 1. The molecule has 3 aromatic rings. The van der Waals surface area contributed by atoms with Crippen LogP contribution >= 0.6 is 23.2 Å². The minimum atomic E-state index is -0.600. The van der Waals surface area contributed by atoms with Crippen LogP contribution in [0, 0.1) is 6.92 Å². The minimum absolute atomic E-state index is 0.0120. The average molecular weight is 411 g/mol. The quantitative estimate of drug-likeness (QED) is 0.476. The molecule has 3 rings (SSSR count). The Morgan fingerprint density at radius 1 is 1.41 bits per heavy atom. The molecule has 3 N–H and O–H groups in total. The minimum Gasteiger partial charge on any atom is -0.495 e. The van der Waals surface area contributed by atoms with E-state index in [1.165, 1.54) is 24.1 Å². The number of rotatable bonds is 5. The van der Waals surface area contributed by atoms with E-state index in [4.69, 9.17) is 33.7 Å². The molecule has 0 unspecified atom stereocenters. The maximum Gasteiger partial charge on any atom is 0.293 e. The lowest BCUT2D eigenvalue weighted by Crippen LogP contribution is -2.19. The maximum atomic E-state index is 12.3. The van der Waals surface area contributed by atoms with Gasteiger partial charge in [0.25, 0.3) is 5.91 Å². The standard InChI is InChI=1S/C14H12Cl2N8O3/c1-6-10(19-23-24(6)13-12(17)21-27-22-13)14(25)20-18-5-7-3-8(15)4-9(16)11(7)26-2/h3-5H,1-2H3,(H2,17,21)(H,20,25)/b18-5+. The first-order valence-corrected chi connectivity index (χ1v) is 8.05. The summed E-state index contributed by atoms with van der Waals surface area (Å²) in [5.41, 5.74) is 8.82. The van der Waals surface area contributed by atoms with Gasteiger partial charge in [0.15, 0.2) is 5.69 Å². The molecule has 0 aliphatic carbocycles. The van der Waals surface area contributed by atoms with Gasteiger partial charge < -0.3 is 10.5 Å². The first-order chi connectivity index (χ1) is 12.9. The zero-order chi connectivity index (χ0) is 19.6. The number of nitrogens with zero attached hydrogens (tertiary/aromatic N) is 6. The number of amides is 1. The fourth-order valence-corrected chi connectivity index (χ4v) is 2.77. The topological polar surface area (TPSA) is 146 Å². The molecule has 0 bridgehead atoms. The van der Waals surface area contributed by atoms with Crippen LogP contribution in [-0.2, 0) is 0 Å². The number of methoxy groups -OCH3 is 1. The van der Waals surface area contributed by atoms with E-state index < -0.39 is 5.91 Å². The summed E-state index contributed by atoms with van der Waals surface area (Å²) < 4.78 is 10.9. The van der Waals surface area contributed by atoms with Crippen molar-refractivity contribution in [3.63, 3.8) is 0 Å². The van der Waals surface area contributed by atoms with E-state index in [9.17, 15) is 4.79 Å². The zero-order valence-electron chi connectivity index (χ0n) is 14.0. The fourth-order valence-electron chi connectivity index (χ4n) is 2.18. The van der Waals surface area contributed by atoms with Gasteiger partial charge in [-0.1, -0.05) is 28.4 Å². The Morgan fingerprint density at radius 3 is 2.85 bits per heavy atom. The molecule has 1 amide bonds. The number of carbonyl (C=O) groups excluding carboxylic acids is 1. The summed E-state index contributed by atoms with van der Waals surface area (Å²) in [5.74, 6) is -0.0916. The van der Waals surface area contributed by atoms with Crippen LogP contribution < -0.4 is 15.9 Å². The molecule has 11 nitrogen and oxygen atoms in total. The van der Waals surface area contributed by atoms with Crippen LogP contribution in [-0.4, -0.2) is 44.5 Å². The van der Waals surface area contributed by atoms with Crippen molar-refractivity contribution < 1.29 is 14.2 Å². The number of nitrogen functional groups attached to an aromatic ring is 1. The van der Waals surface area contributed by atoms with Crippen molar-refractivity contribution in [3.05, 3.63) is 39.1 Å². The van der Waals surface area contributed by atoms with Crippen LogP contribution in [0.3, 0.4) is 0 Å². The number of hydrazone groups is 1. The van der Waals surface area contributed by atoms with Gasteiger partial charge in [0.1, 0.15) is 5.75 Å². The predicted octanol–water partition coefficient (Wildman–Crippen LogP) is 1.62. The molecule has 0 saturated carbocycles. The number of ether oxygens (including phenoxy) is 1. The van der Waals surface area contributed by atoms with Gasteiger partial charge in [0.2, 0.25) is 11.6 Å². The number of nitrogens with two attached hydrogens (primary N) is 1. The summed E-state index contributed by atoms with van der Waals surface area (Å²) in [7, 11) is 1.46. The van der Waals surface area contributed by atoms with Crippen LogP contribution in [0.15, 0.2) is 21.9 Å². The van der Waals surface area contributed by atoms with E-state index in [0.29, 0.717) is 27.1 Å². The zero-order valence-corrected chi connectivity index (χ0v) is 15.5. The third-order valence-corrected chi connectivity index (χ3v) is 3.92. The highest BCUT2D eigenvalue weighted by atomic mass is 35.5. The predicted molar refractivity (Wildman–Crippen MR) is 96.4 cm³/mol. The first-order valence-electron chi connectivity index (χ1n) is 7.29. The maximum absolute atomic E-state index is 12.3. The lowest BCUT2D eigenvalue weighted by molar-refractivity contribution is 0.0949. The number of hydrogen-bond donors (Lipinski definition) is 2. The summed E-state index contributed by atoms with van der Waals surface area (Å²) in [5, 5.41) is 19.2. The number of carbonyl (C=O) groups is 1. The second-order valence-corrected chi connectivity index (χ2v) is 5.96. The lowest BCUT2D eigenvalue weighted by Gasteiger charge is -2.07. The molecular weight excluding hydrogens is 399 g/mol. The largest absolute Gasteiger partial charge is 0.495 e. The van der Waals surface area contributed by atoms with Crippen molar-refractivity contribution in [3.8, 4) is 11.6 Å². The highest BCUT2D eigenvalue weighted by Crippen LogP contribution is 2.31. The molecule has 0 fully saturated rings. The molecule has 0 spiro atoms. The van der Waals surface area contributed by atoms with E-state index in [2.05, 4.69) is 35.8 Å². The summed E-state index contributed by atoms with van der Waals surface area (Å²) >= 11 is 12.0. The van der Waals surface area contributed by atoms with Gasteiger partial charge in [-0.15, -0.1) is 5.10 Å². The number of nitrogens with one attached hydrogen (secondary N) is 1. The van der Waals surface area contributed by atoms with Gasteiger partial charge in [-0.3, -0.25) is 4.79 Å². The molecular formula is C14H12Cl2N8O3. The molecule has 140 valence electrons. The van der Waals surface area contributed by atoms with Crippen LogP contribution in [0.1, 0.15) is 21.7 Å². The molecule has 0 atom stereocenters. The SMILES string of the molecule is COc1c(Cl)cc(Cl)cc1/C=N/NC(=O)c1nnn(-c2nonc2N)c1C. The Balaban J connectivity index is 1.79. The van der Waals surface area contributed by atoms with E-state index in [1.54, 1.807) is 13.0 Å². The highest BCUT2D eigenvalue weighted by molar-refractivity contribution is 6.36. The summed E-state index contributed by atoms with van der Waals surface area (Å²) in [4.78, 5) is 12.3. The molecule has 1 aromatic carbocycles. The first kappa shape index (κ1) is 18.6. The highest BCUT2D eigenvalue weighted by Gasteiger charge is 2.20. The molecule has 0 saturated heterocycles. The monoisotopic (exact) mass is 410 g/mol. The summed E-state index contributed by atoms with van der Waals surface area (Å²) in [6.45, 7) is 1.60. The fraction of sp³-hybridized carbons (Fsp3) is 0.143. The summed E-state index contributed by atoms with van der Waals surface area (Å²) in [6.07, 6.45) is 1.34. The van der Waals surface area contributed by atoms with Gasteiger partial charge in [-0.2, -0.15) is 9.78 Å². The Bertz CT molecular complexity index is 1030. The number of hydrogen-bond acceptors (Lipinski definition) is 9. The van der Waals surface area contributed by atoms with E-state index in [0.717, 1.165) is 0 Å². The van der Waals surface area contributed by atoms with Crippen molar-refractivity contribution in [2.75, 3.05) is 12.8 Å². The average Bonchev–Trinajstić information content (AvgIpc) is 3.19. The van der Waals surface area contributed by atoms with Gasteiger partial charge in [-0.05, 0) is 29.4 Å². The third-order valence-electron chi connectivity index (χ3n) is 3.42. The van der Waals surface area contributed by atoms with Gasteiger partial charge in [0, 0.05) is 10.6 Å². The van der Waals surface area contributed by atoms with Crippen LogP contribution in [0.5, 0.6) is 5.75 Å². The van der Waals surface area contributed by atoms with Crippen molar-refractivity contribution in [2.45, 2.75) is 6.92 Å². The van der Waals surface area contributed by atoms with E-state index in [-0.39, 0.29) is 17.3 Å². The normalized spacial score (nSPS) is 11.1. The molecule has 0 aliphatic heterocycles. The Labute approximate surface area is 162 Å². The van der Waals surface area contributed by atoms with Gasteiger partial charge in [0.05, 0.1) is 24.0 Å². The Kier molecular flexibility index (Phi) is 5.23. The number of aromatic nitrogens is 5. The Morgan fingerprint density at radius 2 is 2.19 bits per heavy atom. The summed E-state index contributed by atoms with van der Waals surface area (Å²) in [6, 6.07) is 3.12. The van der Waals surface area contributed by atoms with Crippen LogP contribution in [0.2, 0.25) is 10.0 Å². The molecule has 13 heteroatoms. The van der Waals surface area contributed by atoms with Crippen LogP contribution in [0.4, 0.5) is 5.82 Å². The third kappa shape index (κ3) is 3.68. The van der Waals surface area contributed by atoms with Gasteiger partial charge in [-0.25, -0.2) is 10.1 Å². The molecule has 2 heterocycles. The molecule has 27 heavy (non-hydrogen) atoms. The second kappa shape index (κ2) is 7.60. The van der Waals surface area contributed by atoms with Crippen molar-refractivity contribution >= 4 is 41.1 Å². The van der Waals surface area contributed by atoms with Crippen molar-refractivity contribution in [1.29, 1.82) is 0 Å². The molecule has 0 radical (unpaired) electrons. The molecule has 2 aromatic heterocycles. The second-order valence-electron chi connectivity index (χ2n) is 5.12. The molecule has 0 aliphatic rings. The van der Waals surface area contributed by atoms with Gasteiger partial charge >= 0.3 is 0 Å². The number of halogens is 2. The number of anilines is 1. The smallest absolute Gasteiger partial charge is 0.293 e. The van der Waals surface area contributed by atoms with Crippen LogP contribution in [0.25, 0.3) is 5.82 Å². The Hall–Kier alpha value is -3.18. The van der Waals surface area contributed by atoms with Crippen molar-refractivity contribution in [1.82, 2.24) is 30.7 Å². The lowest BCUT2D eigenvalue weighted by atomic mass is 10.2. The van der Waals surface area contributed by atoms with Crippen molar-refractivity contribution in [2.24, 2.45) is 5.10 Å².